The van der Waals surface area contributed by atoms with Crippen LogP contribution in [0.4, 0.5) is 57.1 Å². The van der Waals surface area contributed by atoms with E-state index in [2.05, 4.69) is 4.74 Å². The normalized spacial score (nSPS) is 21.5. The van der Waals surface area contributed by atoms with Crippen molar-refractivity contribution in [2.75, 3.05) is 6.61 Å². The molecule has 0 N–H and O–H groups in total. The van der Waals surface area contributed by atoms with Crippen LogP contribution in [0.2, 0.25) is 0 Å². The van der Waals surface area contributed by atoms with Crippen molar-refractivity contribution < 1.29 is 61.8 Å². The van der Waals surface area contributed by atoms with Crippen molar-refractivity contribution in [3.8, 4) is 0 Å². The number of rotatable bonds is 4. The van der Waals surface area contributed by atoms with Crippen LogP contribution in [0.3, 0.4) is 0 Å². The van der Waals surface area contributed by atoms with Gasteiger partial charge in [0.15, 0.2) is 0 Å². The summed E-state index contributed by atoms with van der Waals surface area (Å²) in [4.78, 5) is 0. The molecule has 1 rings (SSSR count). The van der Waals surface area contributed by atoms with E-state index in [0.717, 1.165) is 0 Å². The van der Waals surface area contributed by atoms with Crippen molar-refractivity contribution in [3.05, 3.63) is 0 Å². The molecule has 1 heterocycles. The molecule has 0 aliphatic carbocycles. The number of halogens is 13. The van der Waals surface area contributed by atoms with Gasteiger partial charge in [-0.15, -0.1) is 0 Å². The van der Waals surface area contributed by atoms with Gasteiger partial charge in [-0.05, 0) is 0 Å². The Morgan fingerprint density at radius 3 is 1.17 bits per heavy atom. The van der Waals surface area contributed by atoms with E-state index in [-0.39, 0.29) is 0 Å². The minimum atomic E-state index is -7.58. The van der Waals surface area contributed by atoms with Gasteiger partial charge in [0.05, 0.1) is 12.7 Å². The SMILES string of the molecule is FC(F)(F)C(F)(F)C(F)(F)C(CC1CO1)(C(F)(F)F)C(F)(F)F. The second kappa shape index (κ2) is 5.02. The van der Waals surface area contributed by atoms with Crippen molar-refractivity contribution in [2.45, 2.75) is 42.9 Å². The van der Waals surface area contributed by atoms with Crippen molar-refractivity contribution in [2.24, 2.45) is 5.41 Å². The Morgan fingerprint density at radius 1 is 0.609 bits per heavy atom. The average Bonchev–Trinajstić information content (AvgIpc) is 3.03. The molecule has 1 aliphatic heterocycles. The number of hydrogen-bond donors (Lipinski definition) is 0. The van der Waals surface area contributed by atoms with Gasteiger partial charge in [-0.2, -0.15) is 57.1 Å². The first-order chi connectivity index (χ1) is 9.83. The highest BCUT2D eigenvalue weighted by molar-refractivity contribution is 5.12. The van der Waals surface area contributed by atoms with Crippen LogP contribution in [-0.2, 0) is 4.74 Å². The fourth-order valence-electron chi connectivity index (χ4n) is 1.85. The van der Waals surface area contributed by atoms with E-state index in [1.54, 1.807) is 0 Å². The molecule has 0 spiro atoms. The van der Waals surface area contributed by atoms with Gasteiger partial charge >= 0.3 is 30.4 Å². The smallest absolute Gasteiger partial charge is 0.373 e. The Kier molecular flexibility index (Phi) is 4.39. The van der Waals surface area contributed by atoms with E-state index in [1.165, 1.54) is 0 Å². The highest BCUT2D eigenvalue weighted by Gasteiger charge is 2.92. The van der Waals surface area contributed by atoms with E-state index >= 15 is 0 Å². The third kappa shape index (κ3) is 2.82. The molecule has 1 nitrogen and oxygen atoms in total. The average molecular weight is 376 g/mol. The molecule has 0 bridgehead atoms. The minimum Gasteiger partial charge on any atom is -0.373 e. The van der Waals surface area contributed by atoms with Crippen LogP contribution in [0.25, 0.3) is 0 Å². The maximum absolute atomic E-state index is 13.4. The van der Waals surface area contributed by atoms with Crippen LogP contribution in [0.1, 0.15) is 6.42 Å². The molecule has 0 aromatic rings. The largest absolute Gasteiger partial charge is 0.459 e. The number of ether oxygens (including phenoxy) is 1. The van der Waals surface area contributed by atoms with Gasteiger partial charge in [0.1, 0.15) is 0 Å². The summed E-state index contributed by atoms with van der Waals surface area (Å²) in [6.45, 7) is -0.915. The Hall–Kier alpha value is -0.950. The van der Waals surface area contributed by atoms with Crippen LogP contribution in [-0.4, -0.2) is 43.1 Å². The van der Waals surface area contributed by atoms with Gasteiger partial charge in [0.2, 0.25) is 5.41 Å². The van der Waals surface area contributed by atoms with Crippen LogP contribution in [0.5, 0.6) is 0 Å². The van der Waals surface area contributed by atoms with E-state index < -0.39 is 54.9 Å². The predicted molar refractivity (Wildman–Crippen MR) is 44.8 cm³/mol. The van der Waals surface area contributed by atoms with Crippen LogP contribution < -0.4 is 0 Å². The maximum Gasteiger partial charge on any atom is 0.459 e. The lowest BCUT2D eigenvalue weighted by atomic mass is 9.72. The Balaban J connectivity index is 3.67. The lowest BCUT2D eigenvalue weighted by molar-refractivity contribution is -0.462. The zero-order valence-corrected chi connectivity index (χ0v) is 10.3. The molecule has 0 radical (unpaired) electrons. The number of hydrogen-bond acceptors (Lipinski definition) is 1. The summed E-state index contributed by atoms with van der Waals surface area (Å²) in [5.74, 6) is -15.1. The third-order valence-electron chi connectivity index (χ3n) is 3.19. The van der Waals surface area contributed by atoms with Gasteiger partial charge < -0.3 is 4.74 Å². The van der Waals surface area contributed by atoms with Gasteiger partial charge in [-0.25, -0.2) is 0 Å². The first-order valence-corrected chi connectivity index (χ1v) is 5.40. The molecule has 1 fully saturated rings. The summed E-state index contributed by atoms with van der Waals surface area (Å²) in [5, 5.41) is 0. The highest BCUT2D eigenvalue weighted by Crippen LogP contribution is 2.67. The van der Waals surface area contributed by atoms with E-state index in [9.17, 15) is 57.1 Å². The summed E-state index contributed by atoms with van der Waals surface area (Å²) >= 11 is 0. The molecule has 23 heavy (non-hydrogen) atoms. The topological polar surface area (TPSA) is 12.5 Å². The molecule has 1 saturated heterocycles. The van der Waals surface area contributed by atoms with Crippen molar-refractivity contribution in [3.63, 3.8) is 0 Å². The van der Waals surface area contributed by atoms with Gasteiger partial charge in [0.25, 0.3) is 0 Å². The Labute approximate surface area is 118 Å². The van der Waals surface area contributed by atoms with Gasteiger partial charge in [-0.3, -0.25) is 0 Å². The van der Waals surface area contributed by atoms with Crippen molar-refractivity contribution in [1.82, 2.24) is 0 Å². The monoisotopic (exact) mass is 376 g/mol. The van der Waals surface area contributed by atoms with Gasteiger partial charge in [0, 0.05) is 6.42 Å². The fraction of sp³-hybridized carbons (Fsp3) is 1.00. The van der Waals surface area contributed by atoms with Crippen LogP contribution in [0, 0.1) is 5.41 Å². The summed E-state index contributed by atoms with van der Waals surface area (Å²) in [7, 11) is 0. The first kappa shape index (κ1) is 20.1. The Morgan fingerprint density at radius 2 is 0.957 bits per heavy atom. The first-order valence-electron chi connectivity index (χ1n) is 5.40. The van der Waals surface area contributed by atoms with Gasteiger partial charge in [-0.1, -0.05) is 0 Å². The molecular weight excluding hydrogens is 371 g/mol. The third-order valence-corrected chi connectivity index (χ3v) is 3.19. The molecule has 1 unspecified atom stereocenters. The predicted octanol–water partition coefficient (Wildman–Crippen LogP) is 4.72. The molecule has 0 amide bonds. The summed E-state index contributed by atoms with van der Waals surface area (Å²) in [5.41, 5.74) is -6.63. The summed E-state index contributed by atoms with van der Waals surface area (Å²) in [6.07, 6.45) is -26.7. The second-order valence-corrected chi connectivity index (χ2v) is 4.71. The highest BCUT2D eigenvalue weighted by atomic mass is 19.4. The molecule has 1 aliphatic rings. The molecule has 0 aromatic carbocycles. The molecule has 138 valence electrons. The van der Waals surface area contributed by atoms with Crippen LogP contribution in [0.15, 0.2) is 0 Å². The lowest BCUT2D eigenvalue weighted by Crippen LogP contribution is -2.70. The molecule has 14 heteroatoms. The number of alkyl halides is 13. The van der Waals surface area contributed by atoms with Crippen molar-refractivity contribution >= 4 is 0 Å². The van der Waals surface area contributed by atoms with E-state index in [1.807, 2.05) is 0 Å². The van der Waals surface area contributed by atoms with Crippen molar-refractivity contribution in [1.29, 1.82) is 0 Å². The van der Waals surface area contributed by atoms with E-state index in [0.29, 0.717) is 0 Å². The second-order valence-electron chi connectivity index (χ2n) is 4.71. The van der Waals surface area contributed by atoms with E-state index in [4.69, 9.17) is 0 Å². The zero-order chi connectivity index (χ0) is 18.7. The Bertz CT molecular complexity index is 424. The lowest BCUT2D eigenvalue weighted by Gasteiger charge is -2.45. The molecular formula is C9H5F13O. The summed E-state index contributed by atoms with van der Waals surface area (Å²) < 4.78 is 169. The zero-order valence-electron chi connectivity index (χ0n) is 10.3. The maximum atomic E-state index is 13.4. The molecule has 1 atom stereocenters. The van der Waals surface area contributed by atoms with Crippen LogP contribution >= 0.6 is 0 Å². The molecule has 0 saturated carbocycles. The minimum absolute atomic E-state index is 0.915. The summed E-state index contributed by atoms with van der Waals surface area (Å²) in [6, 6.07) is 0. The standard InChI is InChI=1S/C9H5F13O/c10-5(11,6(12,13)9(20,21)22)4(7(14,15)16,8(17,18)19)1-3-2-23-3/h3H,1-2H2. The molecule has 0 aromatic heterocycles. The fourth-order valence-corrected chi connectivity index (χ4v) is 1.85. The quantitative estimate of drug-likeness (QED) is 0.511. The number of epoxide rings is 1.